The van der Waals surface area contributed by atoms with Crippen LogP contribution in [0.1, 0.15) is 30.1 Å². The van der Waals surface area contributed by atoms with Crippen molar-refractivity contribution in [1.29, 1.82) is 0 Å². The molecule has 1 fully saturated rings. The Labute approximate surface area is 139 Å². The molecule has 0 spiro atoms. The van der Waals surface area contributed by atoms with Crippen LogP contribution in [0.15, 0.2) is 31.0 Å². The zero-order valence-electron chi connectivity index (χ0n) is 13.5. The van der Waals surface area contributed by atoms with Crippen molar-refractivity contribution in [2.45, 2.75) is 19.8 Å². The van der Waals surface area contributed by atoms with Gasteiger partial charge in [0, 0.05) is 19.3 Å². The smallest absolute Gasteiger partial charge is 0.310 e. The van der Waals surface area contributed by atoms with E-state index in [4.69, 9.17) is 4.74 Å². The molecule has 1 saturated heterocycles. The van der Waals surface area contributed by atoms with Gasteiger partial charge in [0.15, 0.2) is 0 Å². The maximum absolute atomic E-state index is 12.6. The molecule has 2 aromatic heterocycles. The zero-order valence-corrected chi connectivity index (χ0v) is 13.5. The van der Waals surface area contributed by atoms with Gasteiger partial charge in [-0.3, -0.25) is 14.2 Å². The van der Waals surface area contributed by atoms with E-state index in [1.165, 1.54) is 6.20 Å². The Morgan fingerprint density at radius 1 is 1.29 bits per heavy atom. The Kier molecular flexibility index (Phi) is 4.83. The van der Waals surface area contributed by atoms with Crippen molar-refractivity contribution in [3.8, 4) is 5.82 Å². The fourth-order valence-electron chi connectivity index (χ4n) is 2.78. The van der Waals surface area contributed by atoms with Crippen LogP contribution in [-0.2, 0) is 9.53 Å². The molecule has 0 aliphatic carbocycles. The van der Waals surface area contributed by atoms with Crippen LogP contribution in [0.5, 0.6) is 0 Å². The first-order valence-corrected chi connectivity index (χ1v) is 7.96. The molecule has 0 aromatic carbocycles. The number of esters is 1. The van der Waals surface area contributed by atoms with E-state index in [-0.39, 0.29) is 17.8 Å². The van der Waals surface area contributed by atoms with Crippen molar-refractivity contribution in [2.24, 2.45) is 5.92 Å². The van der Waals surface area contributed by atoms with Crippen molar-refractivity contribution >= 4 is 11.9 Å². The minimum absolute atomic E-state index is 0.119. The Balaban J connectivity index is 1.68. The molecule has 1 unspecified atom stereocenters. The number of carbonyl (C=O) groups excluding carboxylic acids is 2. The quantitative estimate of drug-likeness (QED) is 0.780. The average Bonchev–Trinajstić information content (AvgIpc) is 3.16. The number of ether oxygens (including phenoxy) is 1. The summed E-state index contributed by atoms with van der Waals surface area (Å²) in [7, 11) is 0. The van der Waals surface area contributed by atoms with Crippen molar-refractivity contribution in [2.75, 3.05) is 19.7 Å². The van der Waals surface area contributed by atoms with E-state index in [0.29, 0.717) is 31.1 Å². The van der Waals surface area contributed by atoms with Gasteiger partial charge in [0.25, 0.3) is 5.91 Å². The van der Waals surface area contributed by atoms with Gasteiger partial charge in [-0.25, -0.2) is 4.98 Å². The molecule has 1 atom stereocenters. The third-order valence-electron chi connectivity index (χ3n) is 4.01. The summed E-state index contributed by atoms with van der Waals surface area (Å²) in [5.41, 5.74) is 0.497. The number of piperidine rings is 1. The number of nitrogens with zero attached hydrogens (tertiary/aromatic N) is 5. The van der Waals surface area contributed by atoms with Gasteiger partial charge < -0.3 is 9.64 Å². The van der Waals surface area contributed by atoms with Crippen molar-refractivity contribution in [3.05, 3.63) is 36.5 Å². The predicted octanol–water partition coefficient (Wildman–Crippen LogP) is 1.08. The minimum Gasteiger partial charge on any atom is -0.466 e. The second kappa shape index (κ2) is 7.20. The van der Waals surface area contributed by atoms with E-state index in [1.807, 2.05) is 0 Å². The Morgan fingerprint density at radius 2 is 2.08 bits per heavy atom. The fraction of sp³-hybridized carbons (Fsp3) is 0.438. The largest absolute Gasteiger partial charge is 0.466 e. The predicted molar refractivity (Wildman–Crippen MR) is 84.4 cm³/mol. The number of rotatable bonds is 4. The molecule has 0 radical (unpaired) electrons. The van der Waals surface area contributed by atoms with Crippen LogP contribution in [0.2, 0.25) is 0 Å². The zero-order chi connectivity index (χ0) is 16.9. The number of pyridine rings is 1. The van der Waals surface area contributed by atoms with Crippen molar-refractivity contribution in [3.63, 3.8) is 0 Å². The second-order valence-corrected chi connectivity index (χ2v) is 5.62. The van der Waals surface area contributed by atoms with E-state index >= 15 is 0 Å². The highest BCUT2D eigenvalue weighted by Crippen LogP contribution is 2.20. The first-order chi connectivity index (χ1) is 11.7. The normalized spacial score (nSPS) is 17.5. The number of hydrogen-bond donors (Lipinski definition) is 0. The first-order valence-electron chi connectivity index (χ1n) is 7.96. The molecule has 1 aliphatic heterocycles. The van der Waals surface area contributed by atoms with Gasteiger partial charge in [0.1, 0.15) is 18.5 Å². The Bertz CT molecular complexity index is 699. The van der Waals surface area contributed by atoms with Gasteiger partial charge in [-0.1, -0.05) is 0 Å². The second-order valence-electron chi connectivity index (χ2n) is 5.62. The summed E-state index contributed by atoms with van der Waals surface area (Å²) in [6.45, 7) is 3.18. The lowest BCUT2D eigenvalue weighted by Crippen LogP contribution is -2.42. The summed E-state index contributed by atoms with van der Waals surface area (Å²) >= 11 is 0. The van der Waals surface area contributed by atoms with Crippen LogP contribution < -0.4 is 0 Å². The van der Waals surface area contributed by atoms with E-state index < -0.39 is 0 Å². The molecule has 2 aromatic rings. The molecule has 0 N–H and O–H groups in total. The van der Waals surface area contributed by atoms with Gasteiger partial charge in [0.05, 0.1) is 18.1 Å². The highest BCUT2D eigenvalue weighted by molar-refractivity contribution is 5.94. The summed E-state index contributed by atoms with van der Waals surface area (Å²) in [5, 5.41) is 7.45. The number of amides is 1. The Morgan fingerprint density at radius 3 is 2.75 bits per heavy atom. The molecule has 24 heavy (non-hydrogen) atoms. The van der Waals surface area contributed by atoms with Crippen LogP contribution in [0.3, 0.4) is 0 Å². The SMILES string of the molecule is CCOC(=O)C1CCCN(C(=O)c2ccc(-n3cnnc3)nc2)C1. The summed E-state index contributed by atoms with van der Waals surface area (Å²) in [5.74, 6) is 0.0504. The van der Waals surface area contributed by atoms with E-state index in [1.54, 1.807) is 41.2 Å². The third-order valence-corrected chi connectivity index (χ3v) is 4.01. The van der Waals surface area contributed by atoms with E-state index in [2.05, 4.69) is 15.2 Å². The Hall–Kier alpha value is -2.77. The van der Waals surface area contributed by atoms with Crippen LogP contribution in [0.25, 0.3) is 5.82 Å². The highest BCUT2D eigenvalue weighted by Gasteiger charge is 2.29. The fourth-order valence-corrected chi connectivity index (χ4v) is 2.78. The topological polar surface area (TPSA) is 90.2 Å². The van der Waals surface area contributed by atoms with Crippen LogP contribution in [0, 0.1) is 5.92 Å². The lowest BCUT2D eigenvalue weighted by Gasteiger charge is -2.31. The summed E-state index contributed by atoms with van der Waals surface area (Å²) in [6, 6.07) is 3.46. The van der Waals surface area contributed by atoms with Crippen LogP contribution >= 0.6 is 0 Å². The lowest BCUT2D eigenvalue weighted by atomic mass is 9.97. The van der Waals surface area contributed by atoms with Gasteiger partial charge in [-0.05, 0) is 31.9 Å². The van der Waals surface area contributed by atoms with E-state index in [9.17, 15) is 9.59 Å². The summed E-state index contributed by atoms with van der Waals surface area (Å²) in [4.78, 5) is 30.5. The monoisotopic (exact) mass is 329 g/mol. The number of aromatic nitrogens is 4. The van der Waals surface area contributed by atoms with Crippen molar-refractivity contribution in [1.82, 2.24) is 24.6 Å². The molecule has 8 heteroatoms. The molecule has 126 valence electrons. The molecule has 0 bridgehead atoms. The maximum Gasteiger partial charge on any atom is 0.310 e. The van der Waals surface area contributed by atoms with Crippen molar-refractivity contribution < 1.29 is 14.3 Å². The molecule has 1 aliphatic rings. The average molecular weight is 329 g/mol. The minimum atomic E-state index is -0.244. The molecular formula is C16H19N5O3. The van der Waals surface area contributed by atoms with Gasteiger partial charge in [0.2, 0.25) is 0 Å². The molecule has 3 heterocycles. The van der Waals surface area contributed by atoms with Crippen LogP contribution in [-0.4, -0.2) is 56.2 Å². The molecule has 0 saturated carbocycles. The summed E-state index contributed by atoms with van der Waals surface area (Å²) < 4.78 is 6.73. The standard InChI is InChI=1S/C16H19N5O3/c1-2-24-16(23)13-4-3-7-20(9-13)15(22)12-5-6-14(17-8-12)21-10-18-19-11-21/h5-6,8,10-11,13H,2-4,7,9H2,1H3. The maximum atomic E-state index is 12.6. The van der Waals surface area contributed by atoms with Gasteiger partial charge in [-0.15, -0.1) is 10.2 Å². The molecule has 1 amide bonds. The first kappa shape index (κ1) is 16.1. The lowest BCUT2D eigenvalue weighted by molar-refractivity contribution is -0.149. The number of hydrogen-bond acceptors (Lipinski definition) is 6. The molecule has 3 rings (SSSR count). The van der Waals surface area contributed by atoms with E-state index in [0.717, 1.165) is 12.8 Å². The number of likely N-dealkylation sites (tertiary alicyclic amines) is 1. The third kappa shape index (κ3) is 3.42. The highest BCUT2D eigenvalue weighted by atomic mass is 16.5. The number of carbonyl (C=O) groups is 2. The van der Waals surface area contributed by atoms with Gasteiger partial charge in [-0.2, -0.15) is 0 Å². The summed E-state index contributed by atoms with van der Waals surface area (Å²) in [6.07, 6.45) is 6.16. The van der Waals surface area contributed by atoms with Gasteiger partial charge >= 0.3 is 5.97 Å². The molecule has 8 nitrogen and oxygen atoms in total. The molecular weight excluding hydrogens is 310 g/mol. The van der Waals surface area contributed by atoms with Crippen LogP contribution in [0.4, 0.5) is 0 Å².